The van der Waals surface area contributed by atoms with Crippen LogP contribution in [0.15, 0.2) is 0 Å². The van der Waals surface area contributed by atoms with E-state index >= 15 is 0 Å². The Morgan fingerprint density at radius 2 is 0.910 bits per heavy atom. The van der Waals surface area contributed by atoms with E-state index in [9.17, 15) is 5.11 Å². The fourth-order valence-electron chi connectivity index (χ4n) is 13.9. The molecule has 0 radical (unpaired) electrons. The first-order chi connectivity index (χ1) is 30.2. The van der Waals surface area contributed by atoms with Crippen molar-refractivity contribution >= 4 is 48.2 Å². The number of halogens is 2. The standard InChI is InChI=1S/C30H58O2Si2.C27H50O2Si.CH2Cl2/c1-14-20-29(7,22-16-21-28(5,6)32-33(9,10)11)26-19-18-24-25(17-15-23-30(24,26)8)31-34(12,13)27(2,3)4;1-11-17-26(7,19-13-18-25(5,6)28)23-16-15-21-22(14-12-20-27(21,23)8)29-30(9,10)24(2,3)4;2-1-3/h1,24-26H,15-23H2,2-13H3;1,21-23,28H,12-20H2,2-10H3;1H2/t24?,25-,26+,29-,30-;21?,22-,23+,26-,27-;/m00./s1. The lowest BCUT2D eigenvalue weighted by molar-refractivity contribution is -0.0446. The predicted molar refractivity (Wildman–Crippen MR) is 303 cm³/mol. The van der Waals surface area contributed by atoms with Gasteiger partial charge < -0.3 is 18.4 Å². The number of rotatable bonds is 18. The molecule has 0 aromatic heterocycles. The third-order valence-electron chi connectivity index (χ3n) is 19.0. The van der Waals surface area contributed by atoms with Crippen molar-refractivity contribution in [3.8, 4) is 24.7 Å². The molecule has 4 rings (SSSR count). The SMILES string of the molecule is C#CC[C@@](C)(CCCC(C)(C)O)[C@H]1CCC2[C@@H](O[Si](C)(C)C(C)(C)C)CCC[C@@]21C.C#CC[C@@](C)(CCCC(C)(C)O[Si](C)(C)C)[C@H]1CCC2[C@@H](O[Si](C)(C)C(C)(C)C)CCC[C@@]21C.ClCCl. The van der Waals surface area contributed by atoms with E-state index in [4.69, 9.17) is 49.3 Å². The van der Waals surface area contributed by atoms with Crippen LogP contribution in [0.5, 0.6) is 0 Å². The number of fused-ring (bicyclic) bond motifs is 2. The van der Waals surface area contributed by atoms with Crippen molar-refractivity contribution in [2.24, 2.45) is 45.3 Å². The van der Waals surface area contributed by atoms with Gasteiger partial charge in [0.25, 0.3) is 0 Å². The van der Waals surface area contributed by atoms with Crippen molar-refractivity contribution < 1.29 is 18.4 Å². The molecule has 2 unspecified atom stereocenters. The zero-order valence-corrected chi connectivity index (χ0v) is 52.5. The van der Waals surface area contributed by atoms with Crippen LogP contribution in [0.2, 0.25) is 55.9 Å². The first-order valence-electron chi connectivity index (χ1n) is 27.0. The fourth-order valence-corrected chi connectivity index (χ4v) is 18.4. The lowest BCUT2D eigenvalue weighted by Crippen LogP contribution is -2.51. The average Bonchev–Trinajstić information content (AvgIpc) is 3.68. The fraction of sp³-hybridized carbons (Fsp3) is 0.931. The molecule has 0 heterocycles. The molecule has 0 aromatic carbocycles. The zero-order valence-electron chi connectivity index (χ0n) is 48.0. The van der Waals surface area contributed by atoms with Gasteiger partial charge in [0, 0.05) is 25.0 Å². The second kappa shape index (κ2) is 24.0. The quantitative estimate of drug-likeness (QED) is 0.0844. The summed E-state index contributed by atoms with van der Waals surface area (Å²) in [6.07, 6.45) is 33.9. The number of aliphatic hydroxyl groups is 1. The molecule has 0 amide bonds. The molecule has 0 aliphatic heterocycles. The molecule has 0 aromatic rings. The average molecular weight is 1030 g/mol. The summed E-state index contributed by atoms with van der Waals surface area (Å²) < 4.78 is 20.6. The molecule has 4 saturated carbocycles. The topological polar surface area (TPSA) is 47.9 Å². The highest BCUT2D eigenvalue weighted by atomic mass is 35.5. The van der Waals surface area contributed by atoms with E-state index in [0.717, 1.165) is 38.5 Å². The van der Waals surface area contributed by atoms with Gasteiger partial charge in [-0.15, -0.1) is 47.9 Å². The molecule has 67 heavy (non-hydrogen) atoms. The Balaban J connectivity index is 0.000000437. The highest BCUT2D eigenvalue weighted by molar-refractivity contribution is 6.74. The molecule has 4 aliphatic rings. The summed E-state index contributed by atoms with van der Waals surface area (Å²) in [5, 5.41) is 10.9. The summed E-state index contributed by atoms with van der Waals surface area (Å²) in [5.41, 5.74) is 0.393. The van der Waals surface area contributed by atoms with E-state index in [1.165, 1.54) is 77.0 Å². The Kier molecular flexibility index (Phi) is 22.7. The Hall–Kier alpha value is 0.191. The van der Waals surface area contributed by atoms with Crippen molar-refractivity contribution in [2.75, 3.05) is 5.34 Å². The van der Waals surface area contributed by atoms with E-state index in [1.807, 2.05) is 13.8 Å². The van der Waals surface area contributed by atoms with Gasteiger partial charge in [0.15, 0.2) is 25.0 Å². The number of terminal acetylenes is 2. The van der Waals surface area contributed by atoms with Gasteiger partial charge in [-0.1, -0.05) is 94.9 Å². The summed E-state index contributed by atoms with van der Waals surface area (Å²) >= 11 is 9.53. The summed E-state index contributed by atoms with van der Waals surface area (Å²) in [5.74, 6) is 8.82. The molecular formula is C58H110Cl2O4Si3. The van der Waals surface area contributed by atoms with Crippen LogP contribution in [-0.2, 0) is 13.3 Å². The maximum absolute atomic E-state index is 10.2. The first kappa shape index (κ1) is 63.3. The molecule has 10 atom stereocenters. The van der Waals surface area contributed by atoms with Crippen LogP contribution in [0.3, 0.4) is 0 Å². The summed E-state index contributed by atoms with van der Waals surface area (Å²) in [7, 11) is -5.09. The maximum atomic E-state index is 10.2. The minimum atomic E-state index is -1.77. The van der Waals surface area contributed by atoms with Gasteiger partial charge >= 0.3 is 0 Å². The van der Waals surface area contributed by atoms with Crippen LogP contribution < -0.4 is 0 Å². The van der Waals surface area contributed by atoms with Gasteiger partial charge in [-0.2, -0.15) is 0 Å². The molecule has 4 aliphatic carbocycles. The van der Waals surface area contributed by atoms with E-state index in [-0.39, 0.29) is 31.8 Å². The molecule has 0 bridgehead atoms. The molecular weight excluding hydrogens is 916 g/mol. The Bertz CT molecular complexity index is 1610. The second-order valence-electron chi connectivity index (χ2n) is 28.8. The van der Waals surface area contributed by atoms with Gasteiger partial charge in [0.2, 0.25) is 0 Å². The lowest BCUT2D eigenvalue weighted by atomic mass is 9.56. The van der Waals surface area contributed by atoms with Crippen molar-refractivity contribution in [3.05, 3.63) is 0 Å². The minimum absolute atomic E-state index is 0.0451. The monoisotopic (exact) mass is 1020 g/mol. The van der Waals surface area contributed by atoms with Crippen LogP contribution in [0.25, 0.3) is 0 Å². The van der Waals surface area contributed by atoms with Gasteiger partial charge in [-0.3, -0.25) is 0 Å². The maximum Gasteiger partial charge on any atom is 0.192 e. The van der Waals surface area contributed by atoms with Crippen LogP contribution >= 0.6 is 23.2 Å². The smallest absolute Gasteiger partial charge is 0.192 e. The molecule has 4 nitrogen and oxygen atoms in total. The highest BCUT2D eigenvalue weighted by Gasteiger charge is 2.59. The van der Waals surface area contributed by atoms with Crippen molar-refractivity contribution in [1.82, 2.24) is 0 Å². The van der Waals surface area contributed by atoms with Crippen LogP contribution in [0.1, 0.15) is 213 Å². The van der Waals surface area contributed by atoms with Crippen molar-refractivity contribution in [2.45, 2.75) is 292 Å². The lowest BCUT2D eigenvalue weighted by Gasteiger charge is -2.52. The van der Waals surface area contributed by atoms with Gasteiger partial charge in [-0.05, 0) is 206 Å². The molecule has 0 spiro atoms. The minimum Gasteiger partial charge on any atom is -0.414 e. The van der Waals surface area contributed by atoms with Gasteiger partial charge in [0.05, 0.1) is 16.5 Å². The molecule has 0 saturated heterocycles. The van der Waals surface area contributed by atoms with Gasteiger partial charge in [0.1, 0.15) is 0 Å². The van der Waals surface area contributed by atoms with Crippen molar-refractivity contribution in [1.29, 1.82) is 0 Å². The van der Waals surface area contributed by atoms with Gasteiger partial charge in [-0.25, -0.2) is 0 Å². The summed E-state index contributed by atoms with van der Waals surface area (Å²) in [4.78, 5) is 0. The second-order valence-corrected chi connectivity index (χ2v) is 43.5. The van der Waals surface area contributed by atoms with E-state index in [0.29, 0.717) is 46.7 Å². The number of alkyl halides is 2. The van der Waals surface area contributed by atoms with Crippen molar-refractivity contribution in [3.63, 3.8) is 0 Å². The summed E-state index contributed by atoms with van der Waals surface area (Å²) in [6.45, 7) is 49.2. The molecule has 4 fully saturated rings. The normalized spacial score (nSPS) is 30.2. The van der Waals surface area contributed by atoms with E-state index < -0.39 is 30.6 Å². The first-order valence-corrected chi connectivity index (χ1v) is 37.3. The van der Waals surface area contributed by atoms with Crippen LogP contribution in [0, 0.1) is 70.0 Å². The molecule has 9 heteroatoms. The molecule has 392 valence electrons. The highest BCUT2D eigenvalue weighted by Crippen LogP contribution is 2.65. The van der Waals surface area contributed by atoms with E-state index in [1.54, 1.807) is 0 Å². The van der Waals surface area contributed by atoms with Crippen LogP contribution in [0.4, 0.5) is 0 Å². The summed E-state index contributed by atoms with van der Waals surface area (Å²) in [6, 6.07) is 0. The third kappa shape index (κ3) is 17.1. The van der Waals surface area contributed by atoms with Crippen LogP contribution in [-0.4, -0.2) is 58.8 Å². The number of hydrogen-bond acceptors (Lipinski definition) is 4. The Morgan fingerprint density at radius 3 is 1.21 bits per heavy atom. The Labute approximate surface area is 431 Å². The largest absolute Gasteiger partial charge is 0.414 e. The zero-order chi connectivity index (χ0) is 51.9. The predicted octanol–water partition coefficient (Wildman–Crippen LogP) is 18.4. The number of hydrogen-bond donors (Lipinski definition) is 1. The third-order valence-corrected chi connectivity index (χ3v) is 29.1. The van der Waals surface area contributed by atoms with E-state index in [2.05, 4.69) is 141 Å². The molecule has 1 N–H and O–H groups in total. The Morgan fingerprint density at radius 1 is 0.567 bits per heavy atom.